The highest BCUT2D eigenvalue weighted by atomic mass is 19.4. The van der Waals surface area contributed by atoms with Gasteiger partial charge in [0.25, 0.3) is 0 Å². The summed E-state index contributed by atoms with van der Waals surface area (Å²) in [6.45, 7) is 0. The number of benzene rings is 2. The maximum atomic E-state index is 12.9. The van der Waals surface area contributed by atoms with Gasteiger partial charge in [0.15, 0.2) is 5.75 Å². The van der Waals surface area contributed by atoms with Crippen molar-refractivity contribution in [2.24, 2.45) is 0 Å². The lowest BCUT2D eigenvalue weighted by Crippen LogP contribution is -2.18. The predicted octanol–water partition coefficient (Wildman–Crippen LogP) is 4.79. The SMILES string of the molecule is O=C(O)c1cccnc1Nc1ccc(-c2cccc(O)c2)cc1OC(F)(F)F. The fourth-order valence-electron chi connectivity index (χ4n) is 2.50. The number of carboxylic acid groups (broad SMARTS) is 1. The van der Waals surface area contributed by atoms with E-state index in [1.54, 1.807) is 12.1 Å². The normalized spacial score (nSPS) is 11.1. The second-order valence-corrected chi connectivity index (χ2v) is 5.64. The van der Waals surface area contributed by atoms with Crippen molar-refractivity contribution in [3.05, 3.63) is 66.4 Å². The number of aromatic nitrogens is 1. The standard InChI is InChI=1S/C19H13F3N2O4/c20-19(21,22)28-16-10-12(11-3-1-4-13(25)9-11)6-7-15(16)24-17-14(18(26)27)5-2-8-23-17/h1-10,25H,(H,23,24)(H,26,27). The third-order valence-electron chi connectivity index (χ3n) is 3.68. The number of phenols is 1. The molecule has 9 heteroatoms. The molecule has 1 aromatic heterocycles. The van der Waals surface area contributed by atoms with Crippen LogP contribution in [-0.2, 0) is 0 Å². The van der Waals surface area contributed by atoms with Crippen molar-refractivity contribution in [3.63, 3.8) is 0 Å². The van der Waals surface area contributed by atoms with Crippen molar-refractivity contribution < 1.29 is 32.9 Å². The molecule has 0 unspecified atom stereocenters. The number of nitrogens with zero attached hydrogens (tertiary/aromatic N) is 1. The quantitative estimate of drug-likeness (QED) is 0.580. The third-order valence-corrected chi connectivity index (χ3v) is 3.68. The summed E-state index contributed by atoms with van der Waals surface area (Å²) in [5, 5.41) is 21.3. The number of aromatic hydroxyl groups is 1. The third kappa shape index (κ3) is 4.50. The van der Waals surface area contributed by atoms with Crippen LogP contribution in [-0.4, -0.2) is 27.5 Å². The Morgan fingerprint density at radius 3 is 2.46 bits per heavy atom. The smallest absolute Gasteiger partial charge is 0.508 e. The van der Waals surface area contributed by atoms with Crippen LogP contribution in [0.15, 0.2) is 60.8 Å². The maximum Gasteiger partial charge on any atom is 0.573 e. The highest BCUT2D eigenvalue weighted by Gasteiger charge is 2.32. The molecule has 0 saturated heterocycles. The van der Waals surface area contributed by atoms with Crippen molar-refractivity contribution in [2.45, 2.75) is 6.36 Å². The molecule has 3 aromatic rings. The van der Waals surface area contributed by atoms with Crippen LogP contribution in [0, 0.1) is 0 Å². The molecule has 0 aliphatic carbocycles. The summed E-state index contributed by atoms with van der Waals surface area (Å²) >= 11 is 0. The molecule has 0 atom stereocenters. The predicted molar refractivity (Wildman–Crippen MR) is 94.7 cm³/mol. The minimum absolute atomic E-state index is 0.0439. The lowest BCUT2D eigenvalue weighted by atomic mass is 10.0. The fraction of sp³-hybridized carbons (Fsp3) is 0.0526. The number of aromatic carboxylic acids is 1. The number of anilines is 2. The van der Waals surface area contributed by atoms with E-state index in [1.807, 2.05) is 0 Å². The Labute approximate surface area is 156 Å². The number of hydrogen-bond donors (Lipinski definition) is 3. The molecule has 0 bridgehead atoms. The van der Waals surface area contributed by atoms with Gasteiger partial charge in [-0.15, -0.1) is 13.2 Å². The van der Waals surface area contributed by atoms with Crippen molar-refractivity contribution in [1.82, 2.24) is 4.98 Å². The number of ether oxygens (including phenoxy) is 1. The average molecular weight is 390 g/mol. The van der Waals surface area contributed by atoms with Crippen molar-refractivity contribution in [1.29, 1.82) is 0 Å². The molecule has 1 heterocycles. The van der Waals surface area contributed by atoms with Gasteiger partial charge in [-0.05, 0) is 47.5 Å². The first-order chi connectivity index (χ1) is 13.2. The first kappa shape index (κ1) is 19.0. The van der Waals surface area contributed by atoms with Gasteiger partial charge in [0.2, 0.25) is 0 Å². The molecule has 0 aliphatic rings. The first-order valence-corrected chi connectivity index (χ1v) is 7.87. The molecule has 0 amide bonds. The number of carbonyl (C=O) groups is 1. The highest BCUT2D eigenvalue weighted by molar-refractivity contribution is 5.94. The van der Waals surface area contributed by atoms with E-state index in [1.165, 1.54) is 42.6 Å². The Kier molecular flexibility index (Phi) is 5.08. The van der Waals surface area contributed by atoms with Gasteiger partial charge in [0.05, 0.1) is 5.69 Å². The van der Waals surface area contributed by atoms with E-state index >= 15 is 0 Å². The van der Waals surface area contributed by atoms with E-state index in [2.05, 4.69) is 15.0 Å². The van der Waals surface area contributed by atoms with Crippen LogP contribution in [0.3, 0.4) is 0 Å². The summed E-state index contributed by atoms with van der Waals surface area (Å²) in [5.41, 5.74) is 0.503. The molecule has 0 radical (unpaired) electrons. The van der Waals surface area contributed by atoms with E-state index in [9.17, 15) is 28.2 Å². The zero-order valence-corrected chi connectivity index (χ0v) is 14.1. The van der Waals surface area contributed by atoms with E-state index in [0.29, 0.717) is 11.1 Å². The number of pyridine rings is 1. The summed E-state index contributed by atoms with van der Waals surface area (Å²) in [4.78, 5) is 15.1. The second-order valence-electron chi connectivity index (χ2n) is 5.64. The Bertz CT molecular complexity index is 1020. The number of nitrogens with one attached hydrogen (secondary N) is 1. The van der Waals surface area contributed by atoms with Crippen LogP contribution >= 0.6 is 0 Å². The zero-order valence-electron chi connectivity index (χ0n) is 14.1. The van der Waals surface area contributed by atoms with E-state index in [4.69, 9.17) is 0 Å². The van der Waals surface area contributed by atoms with Gasteiger partial charge in [-0.2, -0.15) is 0 Å². The van der Waals surface area contributed by atoms with Gasteiger partial charge < -0.3 is 20.3 Å². The van der Waals surface area contributed by atoms with E-state index < -0.39 is 18.1 Å². The zero-order chi connectivity index (χ0) is 20.3. The molecule has 144 valence electrons. The number of phenolic OH excluding ortho intramolecular Hbond substituents is 1. The Morgan fingerprint density at radius 2 is 1.79 bits per heavy atom. The van der Waals surface area contributed by atoms with Gasteiger partial charge >= 0.3 is 12.3 Å². The molecular weight excluding hydrogens is 377 g/mol. The summed E-state index contributed by atoms with van der Waals surface area (Å²) in [5.74, 6) is -2.04. The van der Waals surface area contributed by atoms with Crippen LogP contribution < -0.4 is 10.1 Å². The van der Waals surface area contributed by atoms with Gasteiger partial charge in [-0.3, -0.25) is 0 Å². The van der Waals surface area contributed by atoms with Crippen molar-refractivity contribution in [2.75, 3.05) is 5.32 Å². The van der Waals surface area contributed by atoms with E-state index in [0.717, 1.165) is 6.07 Å². The van der Waals surface area contributed by atoms with Gasteiger partial charge in [0.1, 0.15) is 17.1 Å². The number of halogens is 3. The van der Waals surface area contributed by atoms with Crippen LogP contribution in [0.5, 0.6) is 11.5 Å². The van der Waals surface area contributed by atoms with Crippen LogP contribution in [0.2, 0.25) is 0 Å². The molecule has 3 N–H and O–H groups in total. The van der Waals surface area contributed by atoms with Crippen LogP contribution in [0.25, 0.3) is 11.1 Å². The maximum absolute atomic E-state index is 12.9. The molecule has 28 heavy (non-hydrogen) atoms. The largest absolute Gasteiger partial charge is 0.573 e. The number of hydrogen-bond acceptors (Lipinski definition) is 5. The van der Waals surface area contributed by atoms with Gasteiger partial charge in [-0.25, -0.2) is 9.78 Å². The van der Waals surface area contributed by atoms with Crippen LogP contribution in [0.4, 0.5) is 24.7 Å². The molecule has 0 spiro atoms. The summed E-state index contributed by atoms with van der Waals surface area (Å²) in [6.07, 6.45) is -3.66. The first-order valence-electron chi connectivity index (χ1n) is 7.87. The lowest BCUT2D eigenvalue weighted by molar-refractivity contribution is -0.274. The van der Waals surface area contributed by atoms with Crippen molar-refractivity contribution >= 4 is 17.5 Å². The number of alkyl halides is 3. The lowest BCUT2D eigenvalue weighted by Gasteiger charge is -2.16. The minimum Gasteiger partial charge on any atom is -0.508 e. The molecule has 2 aromatic carbocycles. The average Bonchev–Trinajstić information content (AvgIpc) is 2.62. The van der Waals surface area contributed by atoms with Gasteiger partial charge in [0, 0.05) is 6.20 Å². The molecule has 0 saturated carbocycles. The Balaban J connectivity index is 2.04. The Hall–Kier alpha value is -3.75. The van der Waals surface area contributed by atoms with E-state index in [-0.39, 0.29) is 22.8 Å². The van der Waals surface area contributed by atoms with Crippen LogP contribution in [0.1, 0.15) is 10.4 Å². The van der Waals surface area contributed by atoms with Gasteiger partial charge in [-0.1, -0.05) is 18.2 Å². The van der Waals surface area contributed by atoms with Crippen molar-refractivity contribution in [3.8, 4) is 22.6 Å². The molecule has 3 rings (SSSR count). The summed E-state index contributed by atoms with van der Waals surface area (Å²) < 4.78 is 42.7. The molecular formula is C19H13F3N2O4. The highest BCUT2D eigenvalue weighted by Crippen LogP contribution is 2.36. The molecule has 0 aliphatic heterocycles. The molecule has 0 fully saturated rings. The monoisotopic (exact) mass is 390 g/mol. The number of rotatable bonds is 5. The second kappa shape index (κ2) is 7.47. The summed E-state index contributed by atoms with van der Waals surface area (Å²) in [6, 6.07) is 12.6. The molecule has 6 nitrogen and oxygen atoms in total. The topological polar surface area (TPSA) is 91.7 Å². The number of carboxylic acids is 1. The summed E-state index contributed by atoms with van der Waals surface area (Å²) in [7, 11) is 0. The fourth-order valence-corrected chi connectivity index (χ4v) is 2.50. The minimum atomic E-state index is -4.96. The Morgan fingerprint density at radius 1 is 1.04 bits per heavy atom.